The van der Waals surface area contributed by atoms with Gasteiger partial charge in [0.2, 0.25) is 0 Å². The van der Waals surface area contributed by atoms with E-state index in [-0.39, 0.29) is 11.3 Å². The maximum Gasteiger partial charge on any atom is 0.328 e. The largest absolute Gasteiger partial charge is 0.478 e. The van der Waals surface area contributed by atoms with Gasteiger partial charge in [-0.2, -0.15) is 0 Å². The van der Waals surface area contributed by atoms with Gasteiger partial charge >= 0.3 is 5.97 Å². The molecule has 0 saturated heterocycles. The van der Waals surface area contributed by atoms with Crippen molar-refractivity contribution in [3.8, 4) is 0 Å². The highest BCUT2D eigenvalue weighted by Crippen LogP contribution is 2.24. The molecule has 0 spiro atoms. The van der Waals surface area contributed by atoms with Crippen molar-refractivity contribution in [2.24, 2.45) is 0 Å². The molecule has 0 heterocycles. The molecule has 0 unspecified atom stereocenters. The molecule has 0 aromatic heterocycles. The van der Waals surface area contributed by atoms with Crippen LogP contribution in [0, 0.1) is 11.6 Å². The topological polar surface area (TPSA) is 40.5 Å². The van der Waals surface area contributed by atoms with Crippen molar-refractivity contribution < 1.29 is 18.7 Å². The van der Waals surface area contributed by atoms with Gasteiger partial charge < -0.3 is 10.0 Å². The van der Waals surface area contributed by atoms with Gasteiger partial charge in [-0.25, -0.2) is 13.6 Å². The van der Waals surface area contributed by atoms with Gasteiger partial charge in [0.15, 0.2) is 0 Å². The van der Waals surface area contributed by atoms with Crippen LogP contribution in [0.4, 0.5) is 14.5 Å². The summed E-state index contributed by atoms with van der Waals surface area (Å²) in [5.41, 5.74) is 0.0883. The first kappa shape index (κ1) is 14.2. The summed E-state index contributed by atoms with van der Waals surface area (Å²) in [6.45, 7) is 2.45. The average Bonchev–Trinajstić information content (AvgIpc) is 2.25. The lowest BCUT2D eigenvalue weighted by atomic mass is 10.1. The molecule has 18 heavy (non-hydrogen) atoms. The minimum absolute atomic E-state index is 0.0932. The molecular formula is C13H15F2NO2. The fourth-order valence-electron chi connectivity index (χ4n) is 1.66. The van der Waals surface area contributed by atoms with Crippen LogP contribution in [0.25, 0.3) is 6.08 Å². The Morgan fingerprint density at radius 2 is 1.94 bits per heavy atom. The number of aliphatic carboxylic acids is 1. The molecule has 0 radical (unpaired) electrons. The van der Waals surface area contributed by atoms with Gasteiger partial charge in [0, 0.05) is 19.7 Å². The van der Waals surface area contributed by atoms with E-state index in [0.717, 1.165) is 30.7 Å². The highest BCUT2D eigenvalue weighted by atomic mass is 19.1. The van der Waals surface area contributed by atoms with E-state index >= 15 is 0 Å². The maximum atomic E-state index is 13.7. The van der Waals surface area contributed by atoms with Crippen molar-refractivity contribution in [2.75, 3.05) is 18.5 Å². The number of carboxylic acids is 1. The van der Waals surface area contributed by atoms with Crippen molar-refractivity contribution in [3.05, 3.63) is 35.4 Å². The summed E-state index contributed by atoms with van der Waals surface area (Å²) in [5, 5.41) is 8.44. The van der Waals surface area contributed by atoms with E-state index in [9.17, 15) is 13.6 Å². The number of hydrogen-bond donors (Lipinski definition) is 1. The Balaban J connectivity index is 3.08. The molecule has 0 aliphatic heterocycles. The van der Waals surface area contributed by atoms with E-state index in [0.29, 0.717) is 6.54 Å². The minimum atomic E-state index is -1.16. The van der Waals surface area contributed by atoms with Crippen LogP contribution >= 0.6 is 0 Å². The minimum Gasteiger partial charge on any atom is -0.478 e. The molecule has 1 aromatic rings. The smallest absolute Gasteiger partial charge is 0.328 e. The normalized spacial score (nSPS) is 10.9. The molecule has 0 fully saturated rings. The lowest BCUT2D eigenvalue weighted by Gasteiger charge is -2.20. The quantitative estimate of drug-likeness (QED) is 0.822. The number of benzene rings is 1. The molecule has 98 valence electrons. The van der Waals surface area contributed by atoms with E-state index in [2.05, 4.69) is 0 Å². The Hall–Kier alpha value is -1.91. The number of carboxylic acid groups (broad SMARTS) is 1. The fraction of sp³-hybridized carbons (Fsp3) is 0.308. The Morgan fingerprint density at radius 1 is 1.39 bits per heavy atom. The zero-order chi connectivity index (χ0) is 13.7. The average molecular weight is 255 g/mol. The molecule has 0 aliphatic rings. The Morgan fingerprint density at radius 3 is 2.39 bits per heavy atom. The molecule has 0 saturated carbocycles. The second-order valence-electron chi connectivity index (χ2n) is 3.93. The summed E-state index contributed by atoms with van der Waals surface area (Å²) in [5.74, 6) is -2.56. The van der Waals surface area contributed by atoms with Crippen molar-refractivity contribution >= 4 is 17.7 Å². The molecule has 0 aliphatic carbocycles. The number of nitrogens with zero attached hydrogens (tertiary/aromatic N) is 1. The predicted molar refractivity (Wildman–Crippen MR) is 66.6 cm³/mol. The highest BCUT2D eigenvalue weighted by Gasteiger charge is 2.14. The SMILES string of the molecule is CCCN(C)c1c(F)cc(C=CC(=O)O)cc1F. The molecule has 3 nitrogen and oxygen atoms in total. The molecule has 1 N–H and O–H groups in total. The number of carbonyl (C=O) groups is 1. The third kappa shape index (κ3) is 3.55. The first-order valence-electron chi connectivity index (χ1n) is 5.57. The lowest BCUT2D eigenvalue weighted by molar-refractivity contribution is -0.131. The van der Waals surface area contributed by atoms with Crippen molar-refractivity contribution in [3.63, 3.8) is 0 Å². The second kappa shape index (κ2) is 6.14. The number of rotatable bonds is 5. The summed E-state index contributed by atoms with van der Waals surface area (Å²) in [7, 11) is 1.61. The van der Waals surface area contributed by atoms with E-state index in [1.165, 1.54) is 4.90 Å². The molecule has 5 heteroatoms. The van der Waals surface area contributed by atoms with Crippen LogP contribution < -0.4 is 4.90 Å². The highest BCUT2D eigenvalue weighted by molar-refractivity contribution is 5.85. The molecule has 1 rings (SSSR count). The van der Waals surface area contributed by atoms with Crippen LogP contribution in [0.5, 0.6) is 0 Å². The van der Waals surface area contributed by atoms with E-state index in [1.807, 2.05) is 6.92 Å². The Labute approximate surface area is 104 Å². The Kier molecular flexibility index (Phi) is 4.83. The van der Waals surface area contributed by atoms with Gasteiger partial charge in [-0.05, 0) is 30.2 Å². The van der Waals surface area contributed by atoms with Crippen molar-refractivity contribution in [2.45, 2.75) is 13.3 Å². The van der Waals surface area contributed by atoms with Crippen molar-refractivity contribution in [1.29, 1.82) is 0 Å². The van der Waals surface area contributed by atoms with Crippen LogP contribution in [0.15, 0.2) is 18.2 Å². The van der Waals surface area contributed by atoms with E-state index in [1.54, 1.807) is 7.05 Å². The number of anilines is 1. The third-order valence-electron chi connectivity index (χ3n) is 2.40. The standard InChI is InChI=1S/C13H15F2NO2/c1-3-6-16(2)13-10(14)7-9(8-11(13)15)4-5-12(17)18/h4-5,7-8H,3,6H2,1-2H3,(H,17,18). The molecule has 0 atom stereocenters. The zero-order valence-corrected chi connectivity index (χ0v) is 10.3. The molecule has 0 amide bonds. The first-order valence-corrected chi connectivity index (χ1v) is 5.57. The van der Waals surface area contributed by atoms with E-state index < -0.39 is 17.6 Å². The first-order chi connectivity index (χ1) is 8.45. The maximum absolute atomic E-state index is 13.7. The zero-order valence-electron chi connectivity index (χ0n) is 10.3. The summed E-state index contributed by atoms with van der Waals surface area (Å²) in [6.07, 6.45) is 2.76. The molecule has 0 bridgehead atoms. The fourth-order valence-corrected chi connectivity index (χ4v) is 1.66. The van der Waals surface area contributed by atoms with Crippen molar-refractivity contribution in [1.82, 2.24) is 0 Å². The monoisotopic (exact) mass is 255 g/mol. The van der Waals surface area contributed by atoms with Crippen LogP contribution in [-0.4, -0.2) is 24.7 Å². The predicted octanol–water partition coefficient (Wildman–Crippen LogP) is 2.91. The summed E-state index contributed by atoms with van der Waals surface area (Å²) in [6, 6.07) is 2.23. The third-order valence-corrected chi connectivity index (χ3v) is 2.40. The van der Waals surface area contributed by atoms with Gasteiger partial charge in [-0.3, -0.25) is 0 Å². The van der Waals surface area contributed by atoms with Gasteiger partial charge in [0.05, 0.1) is 0 Å². The van der Waals surface area contributed by atoms with Crippen LogP contribution in [0.2, 0.25) is 0 Å². The van der Waals surface area contributed by atoms with Crippen LogP contribution in [0.1, 0.15) is 18.9 Å². The molecular weight excluding hydrogens is 240 g/mol. The van der Waals surface area contributed by atoms with Gasteiger partial charge in [-0.1, -0.05) is 6.92 Å². The number of hydrogen-bond acceptors (Lipinski definition) is 2. The second-order valence-corrected chi connectivity index (χ2v) is 3.93. The molecule has 1 aromatic carbocycles. The van der Waals surface area contributed by atoms with Gasteiger partial charge in [0.25, 0.3) is 0 Å². The Bertz CT molecular complexity index is 449. The van der Waals surface area contributed by atoms with Gasteiger partial charge in [-0.15, -0.1) is 0 Å². The van der Waals surface area contributed by atoms with Crippen LogP contribution in [0.3, 0.4) is 0 Å². The summed E-state index contributed by atoms with van der Waals surface area (Å²) < 4.78 is 27.5. The van der Waals surface area contributed by atoms with E-state index in [4.69, 9.17) is 5.11 Å². The summed E-state index contributed by atoms with van der Waals surface area (Å²) >= 11 is 0. The number of halogens is 2. The summed E-state index contributed by atoms with van der Waals surface area (Å²) in [4.78, 5) is 11.8. The lowest BCUT2D eigenvalue weighted by Crippen LogP contribution is -2.20. The van der Waals surface area contributed by atoms with Crippen LogP contribution in [-0.2, 0) is 4.79 Å². The van der Waals surface area contributed by atoms with Gasteiger partial charge in [0.1, 0.15) is 17.3 Å².